The molecule has 54 heavy (non-hydrogen) atoms. The minimum atomic E-state index is -1.41. The number of ether oxygens (including phenoxy) is 3. The molecule has 8 rings (SSSR count). The van der Waals surface area contributed by atoms with Crippen molar-refractivity contribution >= 4 is 41.0 Å². The van der Waals surface area contributed by atoms with Crippen molar-refractivity contribution in [2.45, 2.75) is 69.6 Å². The number of carbonyl (C=O) groups excluding carboxylic acids is 2. The van der Waals surface area contributed by atoms with Gasteiger partial charge in [-0.2, -0.15) is 0 Å². The lowest BCUT2D eigenvalue weighted by molar-refractivity contribution is -0.904. The lowest BCUT2D eigenvalue weighted by atomic mass is 9.82. The van der Waals surface area contributed by atoms with Gasteiger partial charge in [0.2, 0.25) is 12.4 Å². The van der Waals surface area contributed by atoms with Crippen molar-refractivity contribution in [1.82, 2.24) is 4.90 Å². The van der Waals surface area contributed by atoms with E-state index in [4.69, 9.17) is 37.4 Å². The fourth-order valence-corrected chi connectivity index (χ4v) is 8.66. The molecule has 2 atom stereocenters. The van der Waals surface area contributed by atoms with E-state index in [1.165, 1.54) is 35.5 Å². The first kappa shape index (κ1) is 37.7. The minimum Gasteiger partial charge on any atom is -0.545 e. The summed E-state index contributed by atoms with van der Waals surface area (Å²) in [5.41, 5.74) is 1.94. The minimum absolute atomic E-state index is 0.0119. The third-order valence-corrected chi connectivity index (χ3v) is 11.6. The molecule has 3 aliphatic heterocycles. The molecule has 1 saturated carbocycles. The number of aromatic nitrogens is 1. The van der Waals surface area contributed by atoms with E-state index in [0.29, 0.717) is 40.3 Å². The van der Waals surface area contributed by atoms with Crippen LogP contribution in [-0.4, -0.2) is 61.1 Å². The number of rotatable bonds is 12. The van der Waals surface area contributed by atoms with Crippen molar-refractivity contribution < 1.29 is 43.2 Å². The van der Waals surface area contributed by atoms with E-state index in [1.54, 1.807) is 37.4 Å². The number of piperidine rings is 3. The third kappa shape index (κ3) is 8.23. The van der Waals surface area contributed by atoms with Gasteiger partial charge in [0.05, 0.1) is 31.4 Å². The average molecular weight is 779 g/mol. The molecule has 4 heterocycles. The van der Waals surface area contributed by atoms with Gasteiger partial charge in [-0.3, -0.25) is 15.0 Å². The van der Waals surface area contributed by atoms with Crippen LogP contribution in [0, 0.1) is 11.7 Å². The number of benzene rings is 3. The zero-order chi connectivity index (χ0) is 37.9. The Hall–Kier alpha value is -4.58. The number of amides is 1. The second-order valence-electron chi connectivity index (χ2n) is 14.3. The second-order valence-corrected chi connectivity index (χ2v) is 15.1. The van der Waals surface area contributed by atoms with Gasteiger partial charge in [-0.25, -0.2) is 9.18 Å². The normalized spacial score (nSPS) is 20.0. The zero-order valence-corrected chi connectivity index (χ0v) is 31.4. The van der Waals surface area contributed by atoms with E-state index in [0.717, 1.165) is 56.3 Å². The number of aromatic carboxylic acids is 1. The number of fused-ring (bicyclic) bond motifs is 3. The van der Waals surface area contributed by atoms with Crippen molar-refractivity contribution in [2.75, 3.05) is 31.6 Å². The molecule has 4 aliphatic rings. The van der Waals surface area contributed by atoms with Crippen LogP contribution in [0.25, 0.3) is 0 Å². The average Bonchev–Trinajstić information content (AvgIpc) is 3.67. The number of methoxy groups -OCH3 is 1. The van der Waals surface area contributed by atoms with Crippen LogP contribution < -0.4 is 24.2 Å². The van der Waals surface area contributed by atoms with E-state index in [1.807, 2.05) is 12.1 Å². The Morgan fingerprint density at radius 1 is 1.00 bits per heavy atom. The Balaban J connectivity index is 1.30. The second kappa shape index (κ2) is 16.4. The molecule has 13 heteroatoms. The Morgan fingerprint density at radius 3 is 2.37 bits per heavy atom. The highest BCUT2D eigenvalue weighted by Gasteiger charge is 2.38. The number of carbonyl (C=O) groups is 2. The van der Waals surface area contributed by atoms with Crippen molar-refractivity contribution in [3.05, 3.63) is 117 Å². The predicted molar refractivity (Wildman–Crippen MR) is 198 cm³/mol. The summed E-state index contributed by atoms with van der Waals surface area (Å²) in [5.74, 6) is -1.45. The van der Waals surface area contributed by atoms with Gasteiger partial charge >= 0.3 is 6.09 Å². The van der Waals surface area contributed by atoms with Crippen LogP contribution in [0.5, 0.6) is 11.5 Å². The number of pyridine rings is 1. The number of carboxylic acids is 1. The van der Waals surface area contributed by atoms with E-state index >= 15 is 4.39 Å². The Labute approximate surface area is 323 Å². The molecule has 4 aromatic rings. The number of nitrogens with zero attached hydrogens (tertiary/aromatic N) is 3. The topological polar surface area (TPSA) is 115 Å². The molecule has 3 saturated heterocycles. The van der Waals surface area contributed by atoms with Crippen LogP contribution in [0.4, 0.5) is 14.9 Å². The van der Waals surface area contributed by atoms with Gasteiger partial charge in [0.25, 0.3) is 0 Å². The van der Waals surface area contributed by atoms with Crippen LogP contribution >= 0.6 is 23.2 Å². The van der Waals surface area contributed by atoms with Crippen molar-refractivity contribution in [3.8, 4) is 11.5 Å². The third-order valence-electron chi connectivity index (χ3n) is 10.9. The summed E-state index contributed by atoms with van der Waals surface area (Å²) in [6.45, 7) is 2.44. The molecule has 3 aromatic carbocycles. The molecule has 284 valence electrons. The van der Waals surface area contributed by atoms with Crippen molar-refractivity contribution in [1.29, 1.82) is 0 Å². The molecule has 0 spiro atoms. The van der Waals surface area contributed by atoms with Crippen LogP contribution in [-0.2, 0) is 17.7 Å². The number of anilines is 1. The largest absolute Gasteiger partial charge is 0.545 e. The lowest BCUT2D eigenvalue weighted by Crippen LogP contribution is -2.53. The van der Waals surface area contributed by atoms with Crippen LogP contribution in [0.2, 0.25) is 10.0 Å². The monoisotopic (exact) mass is 777 g/mol. The molecule has 2 bridgehead atoms. The molecule has 0 radical (unpaired) electrons. The fourth-order valence-electron chi connectivity index (χ4n) is 8.06. The summed E-state index contributed by atoms with van der Waals surface area (Å²) in [5, 5.41) is 23.2. The quantitative estimate of drug-likeness (QED) is 0.121. The summed E-state index contributed by atoms with van der Waals surface area (Å²) in [6, 6.07) is 16.1. The zero-order valence-electron chi connectivity index (χ0n) is 29.9. The Morgan fingerprint density at radius 2 is 1.72 bits per heavy atom. The molecule has 1 aliphatic carbocycles. The highest BCUT2D eigenvalue weighted by atomic mass is 35.5. The standard InChI is InChI=1S/C41H42Cl2FN3O7/c1-52-37-13-11-27(19-38(37)53-28-6-2-3-7-28)30(20-32-33(42)22-46(51)23-34(32)43)31-18-25(10-12-29(31)40(48)49)21-47(36-9-5-4-8-35(36)44)41(50)54-39-24-45-16-14-26(39)15-17-45/h4-5,8-13,18-19,22-23,26,28,30,39H,2-3,6-7,14-17,20-21,24H2,1H3,(H-,48,49,51)/t30-,39+/m1/s1. The summed E-state index contributed by atoms with van der Waals surface area (Å²) >= 11 is 13.3. The summed E-state index contributed by atoms with van der Waals surface area (Å²) in [6.07, 6.45) is 7.50. The summed E-state index contributed by atoms with van der Waals surface area (Å²) in [4.78, 5) is 30.3. The maximum atomic E-state index is 15.4. The maximum Gasteiger partial charge on any atom is 0.415 e. The molecular weight excluding hydrogens is 736 g/mol. The maximum absolute atomic E-state index is 15.4. The summed E-state index contributed by atoms with van der Waals surface area (Å²) < 4.78 is 34.3. The number of hydrogen-bond acceptors (Lipinski definition) is 8. The SMILES string of the molecule is COc1ccc([C@@H](Cc2c(Cl)c[n+](O)cc2Cl)c2cc(CN(C(=O)O[C@H]3CN4CCC3CC4)c3ccccc3F)ccc2C(=O)[O-])cc1OC1CCCC1. The van der Waals surface area contributed by atoms with Gasteiger partial charge < -0.3 is 24.1 Å². The van der Waals surface area contributed by atoms with Crippen LogP contribution in [0.3, 0.4) is 0 Å². The first-order valence-electron chi connectivity index (χ1n) is 18.3. The van der Waals surface area contributed by atoms with Crippen molar-refractivity contribution in [2.24, 2.45) is 5.92 Å². The smallest absolute Gasteiger partial charge is 0.415 e. The Kier molecular flexibility index (Phi) is 11.5. The first-order valence-corrected chi connectivity index (χ1v) is 19.1. The van der Waals surface area contributed by atoms with Gasteiger partial charge in [-0.15, -0.1) is 0 Å². The van der Waals surface area contributed by atoms with E-state index in [-0.39, 0.29) is 52.4 Å². The molecular formula is C41H42Cl2FN3O7. The van der Waals surface area contributed by atoms with Gasteiger partial charge in [0.15, 0.2) is 11.5 Å². The van der Waals surface area contributed by atoms with Gasteiger partial charge in [0.1, 0.15) is 22.0 Å². The van der Waals surface area contributed by atoms with E-state index in [2.05, 4.69) is 4.90 Å². The molecule has 1 aromatic heterocycles. The van der Waals surface area contributed by atoms with Gasteiger partial charge in [-0.1, -0.05) is 59.6 Å². The predicted octanol–water partition coefficient (Wildman–Crippen LogP) is 6.96. The van der Waals surface area contributed by atoms with Gasteiger partial charge in [0, 0.05) is 28.3 Å². The number of hydrogen-bond donors (Lipinski definition) is 1. The van der Waals surface area contributed by atoms with Crippen molar-refractivity contribution in [3.63, 3.8) is 0 Å². The molecule has 1 amide bonds. The molecule has 4 fully saturated rings. The number of para-hydroxylation sites is 1. The molecule has 0 unspecified atom stereocenters. The van der Waals surface area contributed by atoms with Gasteiger partial charge in [-0.05, 0) is 105 Å². The van der Waals surface area contributed by atoms with Crippen LogP contribution in [0.15, 0.2) is 73.1 Å². The number of halogens is 3. The summed E-state index contributed by atoms with van der Waals surface area (Å²) in [7, 11) is 1.56. The Bertz CT molecular complexity index is 2000. The van der Waals surface area contributed by atoms with E-state index < -0.39 is 23.8 Å². The lowest BCUT2D eigenvalue weighted by Gasteiger charge is -2.44. The first-order chi connectivity index (χ1) is 26.1. The highest BCUT2D eigenvalue weighted by Crippen LogP contribution is 2.41. The van der Waals surface area contributed by atoms with Crippen LogP contribution in [0.1, 0.15) is 77.1 Å². The number of carboxylic acid groups (broad SMARTS) is 1. The fraction of sp³-hybridized carbons (Fsp3) is 0.390. The molecule has 1 N–H and O–H groups in total. The van der Waals surface area contributed by atoms with E-state index in [9.17, 15) is 19.9 Å². The highest BCUT2D eigenvalue weighted by molar-refractivity contribution is 6.35. The molecule has 10 nitrogen and oxygen atoms in total.